The predicted molar refractivity (Wildman–Crippen MR) is 233 cm³/mol. The molecule has 0 spiro atoms. The second kappa shape index (κ2) is 12.0. The maximum Gasteiger partial charge on any atom is 0.159 e. The van der Waals surface area contributed by atoms with Crippen LogP contribution in [0.15, 0.2) is 203 Å². The lowest BCUT2D eigenvalue weighted by atomic mass is 9.99. The van der Waals surface area contributed by atoms with Crippen LogP contribution in [0.1, 0.15) is 0 Å². The molecule has 0 saturated heterocycles. The maximum atomic E-state index is 6.92. The van der Waals surface area contributed by atoms with Crippen LogP contribution < -0.4 is 4.90 Å². The molecule has 12 aromatic rings. The fourth-order valence-corrected chi connectivity index (χ4v) is 8.87. The summed E-state index contributed by atoms with van der Waals surface area (Å²) in [5.41, 5.74) is 12.0. The van der Waals surface area contributed by atoms with Crippen molar-refractivity contribution < 1.29 is 8.83 Å². The van der Waals surface area contributed by atoms with Gasteiger partial charge in [0.1, 0.15) is 16.7 Å². The maximum absolute atomic E-state index is 6.92. The van der Waals surface area contributed by atoms with Gasteiger partial charge in [0.2, 0.25) is 0 Å². The summed E-state index contributed by atoms with van der Waals surface area (Å²) >= 11 is 0. The highest BCUT2D eigenvalue weighted by molar-refractivity contribution is 6.19. The number of nitrogens with zero attached hydrogens (tertiary/aromatic N) is 2. The van der Waals surface area contributed by atoms with Crippen LogP contribution in [-0.4, -0.2) is 4.57 Å². The fourth-order valence-electron chi connectivity index (χ4n) is 8.87. The van der Waals surface area contributed by atoms with Crippen LogP contribution in [0.3, 0.4) is 0 Å². The second-order valence-corrected chi connectivity index (χ2v) is 14.5. The van der Waals surface area contributed by atoms with Crippen LogP contribution >= 0.6 is 0 Å². The van der Waals surface area contributed by atoms with Crippen molar-refractivity contribution in [2.45, 2.75) is 0 Å². The van der Waals surface area contributed by atoms with E-state index >= 15 is 0 Å². The first-order chi connectivity index (χ1) is 27.8. The number of aromatic nitrogens is 1. The van der Waals surface area contributed by atoms with Crippen LogP contribution in [0.25, 0.3) is 93.3 Å². The van der Waals surface area contributed by atoms with Crippen LogP contribution in [-0.2, 0) is 0 Å². The van der Waals surface area contributed by atoms with E-state index in [1.807, 2.05) is 18.2 Å². The molecule has 0 bridgehead atoms. The van der Waals surface area contributed by atoms with E-state index in [0.717, 1.165) is 77.8 Å². The molecule has 0 unspecified atom stereocenters. The van der Waals surface area contributed by atoms with Crippen molar-refractivity contribution in [2.24, 2.45) is 0 Å². The molecule has 0 fully saturated rings. The van der Waals surface area contributed by atoms with Gasteiger partial charge in [-0.15, -0.1) is 0 Å². The van der Waals surface area contributed by atoms with Gasteiger partial charge < -0.3 is 18.3 Å². The number of para-hydroxylation sites is 5. The van der Waals surface area contributed by atoms with Gasteiger partial charge in [-0.05, 0) is 83.1 Å². The summed E-state index contributed by atoms with van der Waals surface area (Å²) in [7, 11) is 0. The number of benzene rings is 9. The van der Waals surface area contributed by atoms with Crippen molar-refractivity contribution in [1.29, 1.82) is 0 Å². The minimum absolute atomic E-state index is 0.839. The van der Waals surface area contributed by atoms with Crippen LogP contribution in [0.2, 0.25) is 0 Å². The van der Waals surface area contributed by atoms with Gasteiger partial charge in [0, 0.05) is 43.9 Å². The molecule has 4 heteroatoms. The molecule has 0 aliphatic heterocycles. The third kappa shape index (κ3) is 4.53. The molecule has 4 nitrogen and oxygen atoms in total. The Labute approximate surface area is 321 Å². The predicted octanol–water partition coefficient (Wildman–Crippen LogP) is 14.9. The highest BCUT2D eigenvalue weighted by Crippen LogP contribution is 2.49. The summed E-state index contributed by atoms with van der Waals surface area (Å²) in [6.07, 6.45) is 0. The van der Waals surface area contributed by atoms with Gasteiger partial charge in [0.15, 0.2) is 5.58 Å². The van der Waals surface area contributed by atoms with E-state index in [1.165, 1.54) is 32.6 Å². The molecule has 0 saturated carbocycles. The van der Waals surface area contributed by atoms with Gasteiger partial charge in [-0.2, -0.15) is 0 Å². The van der Waals surface area contributed by atoms with E-state index in [2.05, 4.69) is 185 Å². The summed E-state index contributed by atoms with van der Waals surface area (Å²) < 4.78 is 16.0. The average molecular weight is 717 g/mol. The van der Waals surface area contributed by atoms with Gasteiger partial charge in [-0.1, -0.05) is 127 Å². The van der Waals surface area contributed by atoms with Gasteiger partial charge in [0.05, 0.1) is 27.8 Å². The molecule has 0 atom stereocenters. The topological polar surface area (TPSA) is 34.5 Å². The molecule has 0 aliphatic carbocycles. The fraction of sp³-hybridized carbons (Fsp3) is 0. The van der Waals surface area contributed by atoms with Crippen molar-refractivity contribution in [3.8, 4) is 16.8 Å². The molecule has 3 heterocycles. The number of fused-ring (bicyclic) bond motifs is 10. The van der Waals surface area contributed by atoms with Crippen molar-refractivity contribution in [1.82, 2.24) is 4.57 Å². The first-order valence-electron chi connectivity index (χ1n) is 19.0. The Morgan fingerprint density at radius 2 is 1.02 bits per heavy atom. The van der Waals surface area contributed by atoms with Gasteiger partial charge >= 0.3 is 0 Å². The standard InChI is InChI=1S/C52H32N2O2/c1-2-14-34-31-37(28-27-33(34)13-1)54(47-24-12-21-42-41-19-5-9-25-48(41)55-51(42)47)46-30-29-38(52-50(46)43-20-6-10-26-49(43)56-52)35-15-11-16-36(32-35)53-44-22-7-3-17-39(44)40-18-4-8-23-45(40)53/h1-32H. The van der Waals surface area contributed by atoms with Crippen LogP contribution in [0, 0.1) is 0 Å². The molecule has 56 heavy (non-hydrogen) atoms. The molecule has 9 aromatic carbocycles. The lowest BCUT2D eigenvalue weighted by molar-refractivity contribution is 0.668. The highest BCUT2D eigenvalue weighted by Gasteiger charge is 2.25. The molecule has 3 aromatic heterocycles. The molecule has 0 amide bonds. The van der Waals surface area contributed by atoms with Crippen LogP contribution in [0.5, 0.6) is 0 Å². The lowest BCUT2D eigenvalue weighted by Crippen LogP contribution is -2.11. The Bertz CT molecular complexity index is 3460. The van der Waals surface area contributed by atoms with Gasteiger partial charge in [-0.25, -0.2) is 0 Å². The molecular weight excluding hydrogens is 685 g/mol. The zero-order valence-corrected chi connectivity index (χ0v) is 30.2. The first-order valence-corrected chi connectivity index (χ1v) is 19.0. The molecule has 0 radical (unpaired) electrons. The molecule has 262 valence electrons. The van der Waals surface area contributed by atoms with E-state index in [0.29, 0.717) is 0 Å². The van der Waals surface area contributed by atoms with Gasteiger partial charge in [-0.3, -0.25) is 0 Å². The summed E-state index contributed by atoms with van der Waals surface area (Å²) in [5.74, 6) is 0. The van der Waals surface area contributed by atoms with Gasteiger partial charge in [0.25, 0.3) is 0 Å². The summed E-state index contributed by atoms with van der Waals surface area (Å²) in [5, 5.41) is 9.11. The molecule has 0 N–H and O–H groups in total. The molecule has 0 aliphatic rings. The Morgan fingerprint density at radius 1 is 0.393 bits per heavy atom. The normalized spacial score (nSPS) is 11.9. The minimum atomic E-state index is 0.839. The molecule has 12 rings (SSSR count). The SMILES string of the molecule is c1cc(-c2ccc(N(c3ccc4ccccc4c3)c3cccc4c3oc3ccccc34)c3c2oc2ccccc23)cc(-n2c3ccccc3c3ccccc32)c1. The van der Waals surface area contributed by atoms with Crippen molar-refractivity contribution >= 4 is 93.5 Å². The number of furan rings is 2. The van der Waals surface area contributed by atoms with Crippen LogP contribution in [0.4, 0.5) is 17.1 Å². The Kier molecular flexibility index (Phi) is 6.60. The Hall–Kier alpha value is -7.56. The second-order valence-electron chi connectivity index (χ2n) is 14.5. The number of rotatable bonds is 5. The number of hydrogen-bond acceptors (Lipinski definition) is 3. The summed E-state index contributed by atoms with van der Waals surface area (Å²) in [6.45, 7) is 0. The average Bonchev–Trinajstić information content (AvgIpc) is 3.94. The zero-order valence-electron chi connectivity index (χ0n) is 30.2. The van der Waals surface area contributed by atoms with Crippen molar-refractivity contribution in [3.63, 3.8) is 0 Å². The summed E-state index contributed by atoms with van der Waals surface area (Å²) in [6, 6.07) is 68.9. The largest absolute Gasteiger partial charge is 0.455 e. The Balaban J connectivity index is 1.13. The van der Waals surface area contributed by atoms with Crippen molar-refractivity contribution in [2.75, 3.05) is 4.90 Å². The van der Waals surface area contributed by atoms with E-state index in [-0.39, 0.29) is 0 Å². The Morgan fingerprint density at radius 3 is 1.82 bits per heavy atom. The smallest absolute Gasteiger partial charge is 0.159 e. The monoisotopic (exact) mass is 716 g/mol. The van der Waals surface area contributed by atoms with E-state index in [4.69, 9.17) is 8.83 Å². The third-order valence-corrected chi connectivity index (χ3v) is 11.4. The number of hydrogen-bond donors (Lipinski definition) is 0. The van der Waals surface area contributed by atoms with E-state index in [1.54, 1.807) is 0 Å². The quantitative estimate of drug-likeness (QED) is 0.178. The highest BCUT2D eigenvalue weighted by atomic mass is 16.3. The summed E-state index contributed by atoms with van der Waals surface area (Å²) in [4.78, 5) is 2.35. The molecular formula is C52H32N2O2. The van der Waals surface area contributed by atoms with Crippen molar-refractivity contribution in [3.05, 3.63) is 194 Å². The number of anilines is 3. The lowest BCUT2D eigenvalue weighted by Gasteiger charge is -2.27. The third-order valence-electron chi connectivity index (χ3n) is 11.4. The zero-order chi connectivity index (χ0) is 36.7. The van der Waals surface area contributed by atoms with E-state index < -0.39 is 0 Å². The first kappa shape index (κ1) is 30.9. The minimum Gasteiger partial charge on any atom is -0.455 e. The van der Waals surface area contributed by atoms with E-state index in [9.17, 15) is 0 Å².